The molecule has 4 N–H and O–H groups in total. The van der Waals surface area contributed by atoms with Crippen molar-refractivity contribution in [3.05, 3.63) is 65.6 Å². The number of fused-ring (bicyclic) bond motifs is 1. The van der Waals surface area contributed by atoms with E-state index in [1.165, 1.54) is 6.07 Å². The first kappa shape index (κ1) is 24.2. The van der Waals surface area contributed by atoms with Crippen molar-refractivity contribution in [1.29, 1.82) is 0 Å². The first-order chi connectivity index (χ1) is 17.6. The molecule has 0 aliphatic heterocycles. The normalized spacial score (nSPS) is 13.9. The molecule has 10 heteroatoms. The summed E-state index contributed by atoms with van der Waals surface area (Å²) in [7, 11) is 5.27. The number of rotatable bonds is 5. The summed E-state index contributed by atoms with van der Waals surface area (Å²) in [6, 6.07) is 13.1. The van der Waals surface area contributed by atoms with Crippen LogP contribution in [0.2, 0.25) is 0 Å². The summed E-state index contributed by atoms with van der Waals surface area (Å²) in [6.07, 6.45) is 1.46. The topological polar surface area (TPSA) is 118 Å². The Morgan fingerprint density at radius 1 is 1.08 bits per heavy atom. The van der Waals surface area contributed by atoms with Crippen LogP contribution in [0.25, 0.3) is 22.2 Å². The highest BCUT2D eigenvalue weighted by atomic mass is 19.1. The minimum absolute atomic E-state index is 0.0241. The van der Waals surface area contributed by atoms with Gasteiger partial charge in [-0.25, -0.2) is 18.9 Å². The van der Waals surface area contributed by atoms with Gasteiger partial charge < -0.3 is 21.3 Å². The van der Waals surface area contributed by atoms with Crippen LogP contribution in [0.3, 0.4) is 0 Å². The smallest absolute Gasteiger partial charge is 0.323 e. The number of nitrogens with zero attached hydrogens (tertiary/aromatic N) is 4. The largest absolute Gasteiger partial charge is 0.382 e. The van der Waals surface area contributed by atoms with Gasteiger partial charge in [-0.2, -0.15) is 5.10 Å². The monoisotopic (exact) mass is 501 g/mol. The molecule has 2 heterocycles. The zero-order valence-corrected chi connectivity index (χ0v) is 21.1. The fraction of sp³-hybridized carbons (Fsp3) is 0.259. The van der Waals surface area contributed by atoms with Gasteiger partial charge in [0.25, 0.3) is 0 Å². The Morgan fingerprint density at radius 2 is 1.78 bits per heavy atom. The number of nitrogen functional groups attached to an aromatic ring is 1. The molecule has 37 heavy (non-hydrogen) atoms. The Hall–Kier alpha value is -4.47. The van der Waals surface area contributed by atoms with Crippen LogP contribution in [0.4, 0.5) is 26.4 Å². The number of pyridine rings is 1. The van der Waals surface area contributed by atoms with Gasteiger partial charge in [-0.1, -0.05) is 18.2 Å². The predicted octanol–water partition coefficient (Wildman–Crippen LogP) is 4.43. The molecule has 1 aliphatic rings. The molecule has 5 rings (SSSR count). The van der Waals surface area contributed by atoms with Crippen molar-refractivity contribution < 1.29 is 14.0 Å². The molecule has 4 aromatic rings. The zero-order chi connectivity index (χ0) is 26.5. The third-order valence-corrected chi connectivity index (χ3v) is 6.70. The molecule has 1 fully saturated rings. The second-order valence-corrected chi connectivity index (χ2v) is 9.68. The maximum atomic E-state index is 14.0. The van der Waals surface area contributed by atoms with Crippen LogP contribution >= 0.6 is 0 Å². The third-order valence-electron chi connectivity index (χ3n) is 6.70. The van der Waals surface area contributed by atoms with E-state index >= 15 is 0 Å². The van der Waals surface area contributed by atoms with Crippen molar-refractivity contribution in [3.63, 3.8) is 0 Å². The maximum Gasteiger partial charge on any atom is 0.323 e. The van der Waals surface area contributed by atoms with E-state index in [2.05, 4.69) is 15.7 Å². The fourth-order valence-corrected chi connectivity index (χ4v) is 4.64. The number of nitrogens with one attached hydrogen (secondary N) is 2. The van der Waals surface area contributed by atoms with Gasteiger partial charge >= 0.3 is 6.03 Å². The van der Waals surface area contributed by atoms with E-state index in [1.807, 2.05) is 25.1 Å². The van der Waals surface area contributed by atoms with Crippen molar-refractivity contribution in [2.24, 2.45) is 7.05 Å². The van der Waals surface area contributed by atoms with Gasteiger partial charge in [-0.3, -0.25) is 4.79 Å². The Morgan fingerprint density at radius 3 is 2.43 bits per heavy atom. The van der Waals surface area contributed by atoms with Gasteiger partial charge in [0.05, 0.1) is 22.2 Å². The molecule has 3 amide bonds. The van der Waals surface area contributed by atoms with E-state index in [0.29, 0.717) is 28.2 Å². The summed E-state index contributed by atoms with van der Waals surface area (Å²) < 4.78 is 15.6. The Labute approximate surface area is 213 Å². The minimum atomic E-state index is -0.643. The lowest BCUT2D eigenvalue weighted by molar-refractivity contribution is -0.131. The van der Waals surface area contributed by atoms with E-state index in [-0.39, 0.29) is 11.6 Å². The van der Waals surface area contributed by atoms with Gasteiger partial charge in [-0.15, -0.1) is 0 Å². The van der Waals surface area contributed by atoms with Crippen molar-refractivity contribution in [2.45, 2.75) is 25.2 Å². The molecular weight excluding hydrogens is 473 g/mol. The van der Waals surface area contributed by atoms with Gasteiger partial charge in [-0.05, 0) is 66.8 Å². The van der Waals surface area contributed by atoms with Gasteiger partial charge in [0.15, 0.2) is 11.5 Å². The van der Waals surface area contributed by atoms with Crippen LogP contribution in [0.15, 0.2) is 48.5 Å². The van der Waals surface area contributed by atoms with Crippen LogP contribution in [-0.4, -0.2) is 45.7 Å². The number of anilines is 3. The lowest BCUT2D eigenvalue weighted by Gasteiger charge is -2.20. The lowest BCUT2D eigenvalue weighted by Crippen LogP contribution is -2.34. The van der Waals surface area contributed by atoms with E-state index in [4.69, 9.17) is 10.7 Å². The van der Waals surface area contributed by atoms with Crippen LogP contribution in [0, 0.1) is 12.7 Å². The van der Waals surface area contributed by atoms with Crippen molar-refractivity contribution >= 4 is 40.2 Å². The highest BCUT2D eigenvalue weighted by Gasteiger charge is 2.53. The lowest BCUT2D eigenvalue weighted by atomic mass is 9.94. The molecular formula is C27H28FN7O2. The van der Waals surface area contributed by atoms with Crippen LogP contribution < -0.4 is 16.4 Å². The number of benzene rings is 2. The second-order valence-electron chi connectivity index (χ2n) is 9.68. The minimum Gasteiger partial charge on any atom is -0.382 e. The number of halogens is 1. The van der Waals surface area contributed by atoms with E-state index in [9.17, 15) is 14.0 Å². The van der Waals surface area contributed by atoms with Crippen molar-refractivity contribution in [1.82, 2.24) is 19.7 Å². The van der Waals surface area contributed by atoms with Crippen LogP contribution in [0.1, 0.15) is 24.1 Å². The summed E-state index contributed by atoms with van der Waals surface area (Å²) in [4.78, 5) is 31.8. The molecule has 2 aromatic heterocycles. The summed E-state index contributed by atoms with van der Waals surface area (Å²) in [5, 5.41) is 10.3. The second kappa shape index (κ2) is 8.88. The molecule has 1 aliphatic carbocycles. The standard InChI is InChI=1S/C27H28FN7O2/c1-15-5-10-19(28)20(13-15)31-26(37)30-17-8-6-16(7-9-17)18-14-21(27(11-12-27)25(36)34(2)3)32-24-22(18)23(29)33-35(24)4/h5-10,13-14H,11-12H2,1-4H3,(H2,29,33)(H2,30,31,37). The fourth-order valence-electron chi connectivity index (χ4n) is 4.64. The summed E-state index contributed by atoms with van der Waals surface area (Å²) in [5.74, 6) is -0.142. The Kier molecular flexibility index (Phi) is 5.82. The number of amides is 3. The molecule has 190 valence electrons. The van der Waals surface area contributed by atoms with E-state index in [0.717, 1.165) is 29.5 Å². The third kappa shape index (κ3) is 4.35. The number of carbonyl (C=O) groups is 2. The van der Waals surface area contributed by atoms with Gasteiger partial charge in [0.2, 0.25) is 5.91 Å². The number of aryl methyl sites for hydroxylation is 2. The molecule has 0 atom stereocenters. The van der Waals surface area contributed by atoms with E-state index in [1.54, 1.807) is 55.0 Å². The molecule has 0 radical (unpaired) electrons. The number of carbonyl (C=O) groups excluding carboxylic acids is 2. The average Bonchev–Trinajstić information content (AvgIpc) is 3.62. The summed E-state index contributed by atoms with van der Waals surface area (Å²) in [6.45, 7) is 1.82. The summed E-state index contributed by atoms with van der Waals surface area (Å²) >= 11 is 0. The molecule has 1 saturated carbocycles. The molecule has 2 aromatic carbocycles. The molecule has 0 unspecified atom stereocenters. The highest BCUT2D eigenvalue weighted by Crippen LogP contribution is 2.50. The average molecular weight is 502 g/mol. The van der Waals surface area contributed by atoms with Crippen LogP contribution in [-0.2, 0) is 17.3 Å². The molecule has 9 nitrogen and oxygen atoms in total. The highest BCUT2D eigenvalue weighted by molar-refractivity contribution is 6.03. The number of likely N-dealkylation sites (N-methyl/N-ethyl adjacent to an activating group) is 1. The maximum absolute atomic E-state index is 14.0. The number of urea groups is 1. The predicted molar refractivity (Wildman–Crippen MR) is 142 cm³/mol. The first-order valence-electron chi connectivity index (χ1n) is 11.9. The van der Waals surface area contributed by atoms with E-state index < -0.39 is 17.3 Å². The van der Waals surface area contributed by atoms with Crippen molar-refractivity contribution in [2.75, 3.05) is 30.5 Å². The van der Waals surface area contributed by atoms with Crippen LogP contribution in [0.5, 0.6) is 0 Å². The Bertz CT molecular complexity index is 1540. The zero-order valence-electron chi connectivity index (χ0n) is 21.1. The number of aromatic nitrogens is 3. The van der Waals surface area contributed by atoms with Gasteiger partial charge in [0, 0.05) is 26.8 Å². The van der Waals surface area contributed by atoms with Crippen molar-refractivity contribution in [3.8, 4) is 11.1 Å². The molecule has 0 bridgehead atoms. The molecule has 0 saturated heterocycles. The molecule has 0 spiro atoms. The Balaban J connectivity index is 1.46. The number of hydrogen-bond acceptors (Lipinski definition) is 5. The first-order valence-corrected chi connectivity index (χ1v) is 11.9. The number of nitrogens with two attached hydrogens (primary N) is 1. The quantitative estimate of drug-likeness (QED) is 0.374. The van der Waals surface area contributed by atoms with Gasteiger partial charge in [0.1, 0.15) is 5.82 Å². The summed E-state index contributed by atoms with van der Waals surface area (Å²) in [5.41, 5.74) is 10.0. The SMILES string of the molecule is Cc1ccc(F)c(NC(=O)Nc2ccc(-c3cc(C4(C(=O)N(C)C)CC4)nc4c3c(N)nn4C)cc2)c1. The number of hydrogen-bond donors (Lipinski definition) is 3.